The second kappa shape index (κ2) is 6.02. The molecule has 0 saturated carbocycles. The summed E-state index contributed by atoms with van der Waals surface area (Å²) in [6.45, 7) is 10.3. The zero-order valence-corrected chi connectivity index (χ0v) is 14.7. The van der Waals surface area contributed by atoms with E-state index in [9.17, 15) is 0 Å². The van der Waals surface area contributed by atoms with Gasteiger partial charge in [-0.2, -0.15) is 4.98 Å². The molecule has 0 aliphatic rings. The van der Waals surface area contributed by atoms with Crippen LogP contribution in [0.15, 0.2) is 28.7 Å². The third kappa shape index (κ3) is 4.70. The molecule has 0 spiro atoms. The molecule has 5 heteroatoms. The molecule has 0 saturated heterocycles. The van der Waals surface area contributed by atoms with Gasteiger partial charge in [0.25, 0.3) is 0 Å². The van der Waals surface area contributed by atoms with Crippen molar-refractivity contribution in [1.29, 1.82) is 0 Å². The van der Waals surface area contributed by atoms with Crippen LogP contribution >= 0.6 is 15.9 Å². The Bertz CT molecular complexity index is 647. The number of hydrogen-bond acceptors (Lipinski definition) is 4. The fourth-order valence-corrected chi connectivity index (χ4v) is 2.44. The summed E-state index contributed by atoms with van der Waals surface area (Å²) in [7, 11) is 0. The Morgan fingerprint density at radius 1 is 1.05 bits per heavy atom. The van der Waals surface area contributed by atoms with Gasteiger partial charge < -0.3 is 10.6 Å². The maximum Gasteiger partial charge on any atom is 0.229 e. The van der Waals surface area contributed by atoms with Crippen molar-refractivity contribution in [3.8, 4) is 0 Å². The molecule has 0 unspecified atom stereocenters. The largest absolute Gasteiger partial charge is 0.365 e. The number of aryl methyl sites for hydroxylation is 2. The zero-order chi connectivity index (χ0) is 15.6. The highest BCUT2D eigenvalue weighted by Crippen LogP contribution is 2.23. The van der Waals surface area contributed by atoms with Gasteiger partial charge in [-0.1, -0.05) is 15.9 Å². The van der Waals surface area contributed by atoms with E-state index >= 15 is 0 Å². The molecule has 0 aliphatic carbocycles. The second-order valence-electron chi connectivity index (χ2n) is 6.18. The first kappa shape index (κ1) is 15.8. The standard InChI is InChI=1S/C16H21BrN4/c1-10-8-12(17)6-7-13(10)19-15-18-11(2)9-14(20-15)21-16(3,4)5/h6-9H,1-5H3,(H2,18,19,20,21). The summed E-state index contributed by atoms with van der Waals surface area (Å²) < 4.78 is 1.06. The van der Waals surface area contributed by atoms with Crippen LogP contribution in [-0.2, 0) is 0 Å². The molecule has 21 heavy (non-hydrogen) atoms. The molecule has 4 nitrogen and oxygen atoms in total. The molecule has 1 aromatic carbocycles. The van der Waals surface area contributed by atoms with E-state index in [2.05, 4.69) is 70.3 Å². The van der Waals surface area contributed by atoms with Crippen molar-refractivity contribution in [1.82, 2.24) is 9.97 Å². The maximum absolute atomic E-state index is 4.53. The van der Waals surface area contributed by atoms with Crippen molar-refractivity contribution in [2.24, 2.45) is 0 Å². The lowest BCUT2D eigenvalue weighted by Gasteiger charge is -2.22. The summed E-state index contributed by atoms with van der Waals surface area (Å²) in [5.41, 5.74) is 3.03. The van der Waals surface area contributed by atoms with Crippen molar-refractivity contribution in [2.45, 2.75) is 40.2 Å². The van der Waals surface area contributed by atoms with E-state index in [1.165, 1.54) is 0 Å². The summed E-state index contributed by atoms with van der Waals surface area (Å²) in [5.74, 6) is 1.43. The van der Waals surface area contributed by atoms with Gasteiger partial charge in [-0.3, -0.25) is 0 Å². The second-order valence-corrected chi connectivity index (χ2v) is 7.09. The monoisotopic (exact) mass is 348 g/mol. The molecule has 0 amide bonds. The van der Waals surface area contributed by atoms with Crippen LogP contribution in [0.25, 0.3) is 0 Å². The van der Waals surface area contributed by atoms with Crippen molar-refractivity contribution in [3.05, 3.63) is 40.0 Å². The Morgan fingerprint density at radius 3 is 2.38 bits per heavy atom. The highest BCUT2D eigenvalue weighted by molar-refractivity contribution is 9.10. The molecule has 112 valence electrons. The van der Waals surface area contributed by atoms with Crippen LogP contribution in [0.2, 0.25) is 0 Å². The highest BCUT2D eigenvalue weighted by atomic mass is 79.9. The van der Waals surface area contributed by atoms with Crippen LogP contribution in [0.3, 0.4) is 0 Å². The molecular formula is C16H21BrN4. The van der Waals surface area contributed by atoms with Gasteiger partial charge >= 0.3 is 0 Å². The van der Waals surface area contributed by atoms with Crippen LogP contribution in [-0.4, -0.2) is 15.5 Å². The minimum Gasteiger partial charge on any atom is -0.365 e. The normalized spacial score (nSPS) is 11.3. The van der Waals surface area contributed by atoms with Crippen molar-refractivity contribution in [2.75, 3.05) is 10.6 Å². The van der Waals surface area contributed by atoms with Crippen molar-refractivity contribution in [3.63, 3.8) is 0 Å². The lowest BCUT2D eigenvalue weighted by atomic mass is 10.1. The summed E-state index contributed by atoms with van der Waals surface area (Å²) >= 11 is 3.47. The maximum atomic E-state index is 4.53. The average molecular weight is 349 g/mol. The number of aromatic nitrogens is 2. The van der Waals surface area contributed by atoms with Gasteiger partial charge in [-0.15, -0.1) is 0 Å². The number of anilines is 3. The molecule has 0 fully saturated rings. The number of nitrogens with one attached hydrogen (secondary N) is 2. The van der Waals surface area contributed by atoms with E-state index < -0.39 is 0 Å². The molecule has 2 aromatic rings. The highest BCUT2D eigenvalue weighted by Gasteiger charge is 2.12. The van der Waals surface area contributed by atoms with E-state index in [1.807, 2.05) is 25.1 Å². The summed E-state index contributed by atoms with van der Waals surface area (Å²) in [6, 6.07) is 8.03. The minimum atomic E-state index is -0.0361. The van der Waals surface area contributed by atoms with E-state index in [0.717, 1.165) is 27.2 Å². The Kier molecular flexibility index (Phi) is 4.52. The number of halogens is 1. The molecule has 0 aliphatic heterocycles. The number of hydrogen-bond donors (Lipinski definition) is 2. The number of benzene rings is 1. The van der Waals surface area contributed by atoms with Gasteiger partial charge in [0, 0.05) is 27.5 Å². The molecule has 2 rings (SSSR count). The fraction of sp³-hybridized carbons (Fsp3) is 0.375. The molecule has 0 bridgehead atoms. The van der Waals surface area contributed by atoms with Gasteiger partial charge in [0.05, 0.1) is 0 Å². The molecule has 1 aromatic heterocycles. The van der Waals surface area contributed by atoms with E-state index in [1.54, 1.807) is 0 Å². The smallest absolute Gasteiger partial charge is 0.229 e. The quantitative estimate of drug-likeness (QED) is 0.835. The van der Waals surface area contributed by atoms with Crippen LogP contribution in [0.4, 0.5) is 17.5 Å². The minimum absolute atomic E-state index is 0.0361. The first-order valence-electron chi connectivity index (χ1n) is 6.90. The van der Waals surface area contributed by atoms with Crippen molar-refractivity contribution < 1.29 is 0 Å². The fourth-order valence-electron chi connectivity index (χ4n) is 1.96. The Morgan fingerprint density at radius 2 is 1.76 bits per heavy atom. The van der Waals surface area contributed by atoms with E-state index in [-0.39, 0.29) is 5.54 Å². The van der Waals surface area contributed by atoms with Crippen LogP contribution < -0.4 is 10.6 Å². The van der Waals surface area contributed by atoms with Gasteiger partial charge in [-0.05, 0) is 58.4 Å². The van der Waals surface area contributed by atoms with Crippen LogP contribution in [0, 0.1) is 13.8 Å². The summed E-state index contributed by atoms with van der Waals surface area (Å²) in [5, 5.41) is 6.66. The lowest BCUT2D eigenvalue weighted by molar-refractivity contribution is 0.630. The van der Waals surface area contributed by atoms with E-state index in [0.29, 0.717) is 5.95 Å². The van der Waals surface area contributed by atoms with Gasteiger partial charge in [-0.25, -0.2) is 4.98 Å². The first-order chi connectivity index (χ1) is 9.73. The molecular weight excluding hydrogens is 328 g/mol. The Labute approximate surface area is 134 Å². The third-order valence-electron chi connectivity index (χ3n) is 2.79. The third-order valence-corrected chi connectivity index (χ3v) is 3.29. The Balaban J connectivity index is 2.27. The molecule has 1 heterocycles. The van der Waals surface area contributed by atoms with Gasteiger partial charge in [0.1, 0.15) is 5.82 Å². The van der Waals surface area contributed by atoms with Gasteiger partial charge in [0.15, 0.2) is 0 Å². The Hall–Kier alpha value is -1.62. The zero-order valence-electron chi connectivity index (χ0n) is 13.1. The molecule has 2 N–H and O–H groups in total. The molecule has 0 radical (unpaired) electrons. The summed E-state index contributed by atoms with van der Waals surface area (Å²) in [6.07, 6.45) is 0. The van der Waals surface area contributed by atoms with E-state index in [4.69, 9.17) is 0 Å². The van der Waals surface area contributed by atoms with Crippen LogP contribution in [0.1, 0.15) is 32.0 Å². The van der Waals surface area contributed by atoms with Crippen molar-refractivity contribution >= 4 is 33.4 Å². The predicted octanol–water partition coefficient (Wildman–Crippen LogP) is 4.81. The average Bonchev–Trinajstić information content (AvgIpc) is 2.29. The van der Waals surface area contributed by atoms with Gasteiger partial charge in [0.2, 0.25) is 5.95 Å². The summed E-state index contributed by atoms with van der Waals surface area (Å²) in [4.78, 5) is 8.98. The first-order valence-corrected chi connectivity index (χ1v) is 7.69. The molecule has 0 atom stereocenters. The topological polar surface area (TPSA) is 49.8 Å². The predicted molar refractivity (Wildman–Crippen MR) is 92.3 cm³/mol. The lowest BCUT2D eigenvalue weighted by Crippen LogP contribution is -2.27. The number of rotatable bonds is 3. The number of nitrogens with zero attached hydrogens (tertiary/aromatic N) is 2. The van der Waals surface area contributed by atoms with Crippen LogP contribution in [0.5, 0.6) is 0 Å². The SMILES string of the molecule is Cc1cc(NC(C)(C)C)nc(Nc2ccc(Br)cc2C)n1.